The zero-order chi connectivity index (χ0) is 11.3. The van der Waals surface area contributed by atoms with Crippen molar-refractivity contribution in [3.8, 4) is 17.6 Å². The Morgan fingerprint density at radius 1 is 1.53 bits per heavy atom. The SMILES string of the molecule is CNCC#Cc1ccc(C(C)=O)c(O)c1. The van der Waals surface area contributed by atoms with E-state index in [4.69, 9.17) is 0 Å². The van der Waals surface area contributed by atoms with Gasteiger partial charge in [-0.1, -0.05) is 11.8 Å². The molecule has 0 amide bonds. The van der Waals surface area contributed by atoms with Crippen molar-refractivity contribution < 1.29 is 9.90 Å². The summed E-state index contributed by atoms with van der Waals surface area (Å²) < 4.78 is 0. The maximum absolute atomic E-state index is 11.0. The molecule has 0 aliphatic carbocycles. The number of phenols is 1. The van der Waals surface area contributed by atoms with E-state index in [9.17, 15) is 9.90 Å². The van der Waals surface area contributed by atoms with Crippen molar-refractivity contribution in [1.29, 1.82) is 0 Å². The third-order valence-electron chi connectivity index (χ3n) is 1.87. The van der Waals surface area contributed by atoms with E-state index in [1.165, 1.54) is 13.0 Å². The van der Waals surface area contributed by atoms with Crippen LogP contribution in [-0.4, -0.2) is 24.5 Å². The van der Waals surface area contributed by atoms with Gasteiger partial charge in [-0.3, -0.25) is 4.79 Å². The van der Waals surface area contributed by atoms with E-state index >= 15 is 0 Å². The molecule has 0 spiro atoms. The smallest absolute Gasteiger partial charge is 0.163 e. The second-order valence-corrected chi connectivity index (χ2v) is 3.12. The van der Waals surface area contributed by atoms with Crippen molar-refractivity contribution in [2.75, 3.05) is 13.6 Å². The Labute approximate surface area is 89.1 Å². The summed E-state index contributed by atoms with van der Waals surface area (Å²) in [4.78, 5) is 11.0. The topological polar surface area (TPSA) is 49.3 Å². The van der Waals surface area contributed by atoms with E-state index in [1.807, 2.05) is 7.05 Å². The van der Waals surface area contributed by atoms with Crippen molar-refractivity contribution in [1.82, 2.24) is 5.32 Å². The number of hydrogen-bond donors (Lipinski definition) is 2. The molecule has 0 fully saturated rings. The number of carbonyl (C=O) groups is 1. The largest absolute Gasteiger partial charge is 0.507 e. The first-order valence-electron chi connectivity index (χ1n) is 4.62. The van der Waals surface area contributed by atoms with Gasteiger partial charge in [0, 0.05) is 5.56 Å². The first kappa shape index (κ1) is 11.3. The van der Waals surface area contributed by atoms with Gasteiger partial charge in [-0.25, -0.2) is 0 Å². The van der Waals surface area contributed by atoms with Gasteiger partial charge in [-0.2, -0.15) is 0 Å². The Kier molecular flexibility index (Phi) is 3.90. The summed E-state index contributed by atoms with van der Waals surface area (Å²) in [5, 5.41) is 12.4. The predicted molar refractivity (Wildman–Crippen MR) is 58.9 cm³/mol. The standard InChI is InChI=1S/C12H13NO2/c1-9(14)11-6-5-10(8-12(11)15)4-3-7-13-2/h5-6,8,13,15H,7H2,1-2H3. The molecule has 1 aromatic rings. The zero-order valence-corrected chi connectivity index (χ0v) is 8.79. The quantitative estimate of drug-likeness (QED) is 0.560. The summed E-state index contributed by atoms with van der Waals surface area (Å²) in [6.45, 7) is 2.01. The summed E-state index contributed by atoms with van der Waals surface area (Å²) in [6, 6.07) is 4.81. The first-order chi connectivity index (χ1) is 7.15. The fourth-order valence-electron chi connectivity index (χ4n) is 1.14. The molecule has 0 aromatic heterocycles. The Hall–Kier alpha value is -1.79. The van der Waals surface area contributed by atoms with Gasteiger partial charge in [0.2, 0.25) is 0 Å². The van der Waals surface area contributed by atoms with Crippen molar-refractivity contribution in [2.24, 2.45) is 0 Å². The third kappa shape index (κ3) is 3.12. The summed E-state index contributed by atoms with van der Waals surface area (Å²) in [5.74, 6) is 5.57. The molecule has 0 unspecified atom stereocenters. The van der Waals surface area contributed by atoms with Crippen molar-refractivity contribution >= 4 is 5.78 Å². The van der Waals surface area contributed by atoms with Crippen LogP contribution in [0.3, 0.4) is 0 Å². The number of aromatic hydroxyl groups is 1. The second-order valence-electron chi connectivity index (χ2n) is 3.12. The normalized spacial score (nSPS) is 9.20. The van der Waals surface area contributed by atoms with E-state index in [1.54, 1.807) is 12.1 Å². The highest BCUT2D eigenvalue weighted by atomic mass is 16.3. The molecule has 0 aliphatic heterocycles. The molecular formula is C12H13NO2. The van der Waals surface area contributed by atoms with Crippen molar-refractivity contribution in [2.45, 2.75) is 6.92 Å². The minimum absolute atomic E-state index is 0.0150. The van der Waals surface area contributed by atoms with Gasteiger partial charge < -0.3 is 10.4 Å². The highest BCUT2D eigenvalue weighted by Crippen LogP contribution is 2.18. The molecule has 0 bridgehead atoms. The Morgan fingerprint density at radius 3 is 2.80 bits per heavy atom. The molecule has 2 N–H and O–H groups in total. The minimum Gasteiger partial charge on any atom is -0.507 e. The highest BCUT2D eigenvalue weighted by Gasteiger charge is 2.05. The van der Waals surface area contributed by atoms with Crippen LogP contribution in [-0.2, 0) is 0 Å². The number of hydrogen-bond acceptors (Lipinski definition) is 3. The number of carbonyl (C=O) groups excluding carboxylic acids is 1. The van der Waals surface area contributed by atoms with Crippen LogP contribution in [0.1, 0.15) is 22.8 Å². The van der Waals surface area contributed by atoms with Crippen LogP contribution in [0, 0.1) is 11.8 Å². The first-order valence-corrected chi connectivity index (χ1v) is 4.62. The van der Waals surface area contributed by atoms with Crippen LogP contribution in [0.4, 0.5) is 0 Å². The van der Waals surface area contributed by atoms with Gasteiger partial charge in [0.15, 0.2) is 5.78 Å². The lowest BCUT2D eigenvalue weighted by Crippen LogP contribution is -2.04. The van der Waals surface area contributed by atoms with Crippen LogP contribution in [0.2, 0.25) is 0 Å². The number of phenolic OH excluding ortho intramolecular Hbond substituents is 1. The number of rotatable bonds is 2. The lowest BCUT2D eigenvalue weighted by atomic mass is 10.1. The summed E-state index contributed by atoms with van der Waals surface area (Å²) in [7, 11) is 1.81. The van der Waals surface area contributed by atoms with E-state index in [2.05, 4.69) is 17.2 Å². The average molecular weight is 203 g/mol. The van der Waals surface area contributed by atoms with Gasteiger partial charge in [0.25, 0.3) is 0 Å². The summed E-state index contributed by atoms with van der Waals surface area (Å²) in [5.41, 5.74) is 1.03. The molecule has 3 heteroatoms. The Balaban J connectivity index is 2.93. The van der Waals surface area contributed by atoms with E-state index in [0.29, 0.717) is 17.7 Å². The highest BCUT2D eigenvalue weighted by molar-refractivity contribution is 5.96. The van der Waals surface area contributed by atoms with E-state index < -0.39 is 0 Å². The molecule has 1 rings (SSSR count). The van der Waals surface area contributed by atoms with Crippen molar-refractivity contribution in [3.63, 3.8) is 0 Å². The predicted octanol–water partition coefficient (Wildman–Crippen LogP) is 1.17. The summed E-state index contributed by atoms with van der Waals surface area (Å²) in [6.07, 6.45) is 0. The van der Waals surface area contributed by atoms with Crippen LogP contribution in [0.5, 0.6) is 5.75 Å². The maximum atomic E-state index is 11.0. The Bertz CT molecular complexity index is 427. The van der Waals surface area contributed by atoms with Crippen molar-refractivity contribution in [3.05, 3.63) is 29.3 Å². The molecule has 1 aromatic carbocycles. The van der Waals surface area contributed by atoms with Gasteiger partial charge >= 0.3 is 0 Å². The monoisotopic (exact) mass is 203 g/mol. The number of benzene rings is 1. The van der Waals surface area contributed by atoms with Crippen LogP contribution in [0.25, 0.3) is 0 Å². The Morgan fingerprint density at radius 2 is 2.27 bits per heavy atom. The number of ketones is 1. The average Bonchev–Trinajstić information content (AvgIpc) is 2.17. The second kappa shape index (κ2) is 5.18. The lowest BCUT2D eigenvalue weighted by Gasteiger charge is -2.00. The minimum atomic E-state index is -0.151. The third-order valence-corrected chi connectivity index (χ3v) is 1.87. The van der Waals surface area contributed by atoms with E-state index in [-0.39, 0.29) is 11.5 Å². The fraction of sp³-hybridized carbons (Fsp3) is 0.250. The van der Waals surface area contributed by atoms with Crippen LogP contribution in [0.15, 0.2) is 18.2 Å². The van der Waals surface area contributed by atoms with E-state index in [0.717, 1.165) is 0 Å². The van der Waals surface area contributed by atoms with Crippen LogP contribution < -0.4 is 5.32 Å². The molecule has 0 aliphatic rings. The number of nitrogens with one attached hydrogen (secondary N) is 1. The molecule has 78 valence electrons. The van der Waals surface area contributed by atoms with Crippen LogP contribution >= 0.6 is 0 Å². The van der Waals surface area contributed by atoms with Gasteiger partial charge in [-0.05, 0) is 32.2 Å². The molecule has 0 saturated heterocycles. The van der Waals surface area contributed by atoms with Gasteiger partial charge in [-0.15, -0.1) is 0 Å². The molecule has 0 heterocycles. The lowest BCUT2D eigenvalue weighted by molar-refractivity contribution is 0.101. The molecule has 0 radical (unpaired) electrons. The molecule has 0 saturated carbocycles. The summed E-state index contributed by atoms with van der Waals surface area (Å²) >= 11 is 0. The zero-order valence-electron chi connectivity index (χ0n) is 8.79. The molecule has 0 atom stereocenters. The molecular weight excluding hydrogens is 190 g/mol. The maximum Gasteiger partial charge on any atom is 0.163 e. The van der Waals surface area contributed by atoms with Gasteiger partial charge in [0.1, 0.15) is 5.75 Å². The molecule has 15 heavy (non-hydrogen) atoms. The number of Topliss-reactive ketones (excluding diaryl/α,β-unsaturated/α-hetero) is 1. The van der Waals surface area contributed by atoms with Gasteiger partial charge in [0.05, 0.1) is 12.1 Å². The molecule has 3 nitrogen and oxygen atoms in total. The fourth-order valence-corrected chi connectivity index (χ4v) is 1.14.